The lowest BCUT2D eigenvalue weighted by molar-refractivity contribution is 0.0952. The molecule has 0 atom stereocenters. The third kappa shape index (κ3) is 5.61. The maximum Gasteiger partial charge on any atom is 0.275 e. The second-order valence-electron chi connectivity index (χ2n) is 5.61. The topological polar surface area (TPSA) is 61.7 Å². The van der Waals surface area contributed by atoms with Gasteiger partial charge in [0.1, 0.15) is 5.75 Å². The number of aromatic hydroxyl groups is 1. The van der Waals surface area contributed by atoms with E-state index in [4.69, 9.17) is 11.6 Å². The Hall–Kier alpha value is -1.80. The first-order valence-electron chi connectivity index (χ1n) is 7.97. The zero-order valence-corrected chi connectivity index (χ0v) is 18.9. The van der Waals surface area contributed by atoms with E-state index in [0.29, 0.717) is 14.0 Å². The standard InChI is InChI=1S/C20H13Br2ClN2O2S/c21-13-9-17(19(26)18(22)10-13)20(27)25-24-11-12-1-5-15(6-2-12)28-16-7-3-14(23)4-8-16/h1-11,26H,(H,25,27)/b24-11-. The van der Waals surface area contributed by atoms with Gasteiger partial charge in [-0.25, -0.2) is 5.43 Å². The Labute approximate surface area is 188 Å². The average molecular weight is 541 g/mol. The van der Waals surface area contributed by atoms with Crippen molar-refractivity contribution in [1.82, 2.24) is 5.43 Å². The van der Waals surface area contributed by atoms with E-state index in [1.807, 2.05) is 48.5 Å². The number of carbonyl (C=O) groups excluding carboxylic acids is 1. The number of carbonyl (C=O) groups is 1. The minimum absolute atomic E-state index is 0.119. The van der Waals surface area contributed by atoms with Crippen LogP contribution in [0.2, 0.25) is 5.02 Å². The van der Waals surface area contributed by atoms with Gasteiger partial charge < -0.3 is 5.11 Å². The molecule has 0 aliphatic carbocycles. The van der Waals surface area contributed by atoms with Crippen LogP contribution < -0.4 is 5.43 Å². The molecule has 0 aliphatic heterocycles. The monoisotopic (exact) mass is 538 g/mol. The first-order chi connectivity index (χ1) is 13.4. The molecule has 0 saturated heterocycles. The molecule has 1 amide bonds. The van der Waals surface area contributed by atoms with Crippen molar-refractivity contribution in [3.05, 3.63) is 85.8 Å². The fraction of sp³-hybridized carbons (Fsp3) is 0. The van der Waals surface area contributed by atoms with Gasteiger partial charge in [0.05, 0.1) is 16.3 Å². The number of amides is 1. The molecule has 0 aliphatic rings. The summed E-state index contributed by atoms with van der Waals surface area (Å²) in [6.45, 7) is 0. The first kappa shape index (κ1) is 20.9. The summed E-state index contributed by atoms with van der Waals surface area (Å²) in [5.74, 6) is -0.648. The Bertz CT molecular complexity index is 1030. The second kappa shape index (κ2) is 9.60. The summed E-state index contributed by atoms with van der Waals surface area (Å²) < 4.78 is 1.09. The van der Waals surface area contributed by atoms with E-state index in [-0.39, 0.29) is 11.3 Å². The van der Waals surface area contributed by atoms with Crippen LogP contribution in [-0.2, 0) is 0 Å². The number of nitrogens with one attached hydrogen (secondary N) is 1. The van der Waals surface area contributed by atoms with Crippen LogP contribution in [0.25, 0.3) is 0 Å². The number of rotatable bonds is 5. The normalized spacial score (nSPS) is 11.0. The second-order valence-corrected chi connectivity index (χ2v) is 8.96. The molecular weight excluding hydrogens is 528 g/mol. The zero-order valence-electron chi connectivity index (χ0n) is 14.2. The highest BCUT2D eigenvalue weighted by atomic mass is 79.9. The summed E-state index contributed by atoms with van der Waals surface area (Å²) in [7, 11) is 0. The van der Waals surface area contributed by atoms with Gasteiger partial charge in [0, 0.05) is 19.3 Å². The van der Waals surface area contributed by atoms with Crippen LogP contribution >= 0.6 is 55.2 Å². The highest BCUT2D eigenvalue weighted by Gasteiger charge is 2.14. The van der Waals surface area contributed by atoms with Crippen molar-refractivity contribution in [2.45, 2.75) is 9.79 Å². The molecule has 0 unspecified atom stereocenters. The molecule has 142 valence electrons. The lowest BCUT2D eigenvalue weighted by atomic mass is 10.2. The highest BCUT2D eigenvalue weighted by Crippen LogP contribution is 2.31. The molecule has 4 nitrogen and oxygen atoms in total. The summed E-state index contributed by atoms with van der Waals surface area (Å²) in [6.07, 6.45) is 1.54. The van der Waals surface area contributed by atoms with Crippen molar-refractivity contribution < 1.29 is 9.90 Å². The predicted molar refractivity (Wildman–Crippen MR) is 121 cm³/mol. The fourth-order valence-electron chi connectivity index (χ4n) is 2.23. The smallest absolute Gasteiger partial charge is 0.275 e. The summed E-state index contributed by atoms with van der Waals surface area (Å²) in [6, 6.07) is 18.6. The highest BCUT2D eigenvalue weighted by molar-refractivity contribution is 9.11. The van der Waals surface area contributed by atoms with Gasteiger partial charge in [-0.05, 0) is 70.0 Å². The van der Waals surface area contributed by atoms with Crippen LogP contribution in [-0.4, -0.2) is 17.2 Å². The molecule has 0 spiro atoms. The van der Waals surface area contributed by atoms with Gasteiger partial charge in [0.2, 0.25) is 0 Å². The summed E-state index contributed by atoms with van der Waals surface area (Å²) >= 11 is 14.0. The van der Waals surface area contributed by atoms with Crippen molar-refractivity contribution in [3.8, 4) is 5.75 Å². The Morgan fingerprint density at radius 3 is 2.29 bits per heavy atom. The predicted octanol–water partition coefficient (Wildman–Crippen LogP) is 6.49. The first-order valence-corrected chi connectivity index (χ1v) is 10.8. The van der Waals surface area contributed by atoms with Crippen LogP contribution in [0.5, 0.6) is 5.75 Å². The fourth-order valence-corrected chi connectivity index (χ4v) is 4.39. The molecule has 3 aromatic rings. The SMILES string of the molecule is O=C(N/N=C\c1ccc(Sc2ccc(Cl)cc2)cc1)c1cc(Br)cc(Br)c1O. The number of halogens is 3. The van der Waals surface area contributed by atoms with E-state index >= 15 is 0 Å². The quantitative estimate of drug-likeness (QED) is 0.287. The van der Waals surface area contributed by atoms with Crippen molar-refractivity contribution in [2.75, 3.05) is 0 Å². The molecule has 0 radical (unpaired) electrons. The van der Waals surface area contributed by atoms with E-state index in [0.717, 1.165) is 15.4 Å². The van der Waals surface area contributed by atoms with Crippen LogP contribution in [0.15, 0.2) is 84.5 Å². The van der Waals surface area contributed by atoms with Crippen molar-refractivity contribution in [3.63, 3.8) is 0 Å². The summed E-state index contributed by atoms with van der Waals surface area (Å²) in [5, 5.41) is 14.6. The number of hydrazone groups is 1. The molecule has 28 heavy (non-hydrogen) atoms. The lowest BCUT2D eigenvalue weighted by Gasteiger charge is -2.06. The van der Waals surface area contributed by atoms with E-state index < -0.39 is 5.91 Å². The van der Waals surface area contributed by atoms with Crippen LogP contribution in [0.3, 0.4) is 0 Å². The third-order valence-corrected chi connectivity index (χ3v) is 5.91. The van der Waals surface area contributed by atoms with E-state index in [1.165, 1.54) is 6.07 Å². The molecule has 0 saturated carbocycles. The Kier molecular flexibility index (Phi) is 7.18. The number of nitrogens with zero attached hydrogens (tertiary/aromatic N) is 1. The number of phenolic OH excluding ortho intramolecular Hbond substituents is 1. The molecule has 3 rings (SSSR count). The molecule has 2 N–H and O–H groups in total. The lowest BCUT2D eigenvalue weighted by Crippen LogP contribution is -2.17. The minimum Gasteiger partial charge on any atom is -0.506 e. The summed E-state index contributed by atoms with van der Waals surface area (Å²) in [4.78, 5) is 14.4. The van der Waals surface area contributed by atoms with Gasteiger partial charge in [-0.15, -0.1) is 0 Å². The van der Waals surface area contributed by atoms with Crippen LogP contribution in [0.1, 0.15) is 15.9 Å². The maximum atomic E-state index is 12.2. The molecule has 0 fully saturated rings. The zero-order chi connectivity index (χ0) is 20.1. The van der Waals surface area contributed by atoms with Gasteiger partial charge >= 0.3 is 0 Å². The molecule has 0 heterocycles. The summed E-state index contributed by atoms with van der Waals surface area (Å²) in [5.41, 5.74) is 3.37. The number of benzene rings is 3. The average Bonchev–Trinajstić information content (AvgIpc) is 2.67. The third-order valence-electron chi connectivity index (χ3n) is 3.58. The van der Waals surface area contributed by atoms with Crippen molar-refractivity contribution in [1.29, 1.82) is 0 Å². The van der Waals surface area contributed by atoms with Gasteiger partial charge in [-0.3, -0.25) is 4.79 Å². The van der Waals surface area contributed by atoms with Gasteiger partial charge in [-0.2, -0.15) is 5.10 Å². The van der Waals surface area contributed by atoms with Gasteiger partial charge in [0.25, 0.3) is 5.91 Å². The van der Waals surface area contributed by atoms with Crippen LogP contribution in [0.4, 0.5) is 0 Å². The Balaban J connectivity index is 1.61. The largest absolute Gasteiger partial charge is 0.506 e. The number of phenols is 1. The van der Waals surface area contributed by atoms with Crippen LogP contribution in [0, 0.1) is 0 Å². The Morgan fingerprint density at radius 2 is 1.64 bits per heavy atom. The van der Waals surface area contributed by atoms with Crippen molar-refractivity contribution in [2.24, 2.45) is 5.10 Å². The number of hydrogen-bond donors (Lipinski definition) is 2. The maximum absolute atomic E-state index is 12.2. The molecule has 8 heteroatoms. The molecule has 0 aromatic heterocycles. The minimum atomic E-state index is -0.509. The molecule has 3 aromatic carbocycles. The van der Waals surface area contributed by atoms with E-state index in [9.17, 15) is 9.90 Å². The number of hydrogen-bond acceptors (Lipinski definition) is 4. The van der Waals surface area contributed by atoms with E-state index in [1.54, 1.807) is 24.0 Å². The van der Waals surface area contributed by atoms with Gasteiger partial charge in [0.15, 0.2) is 0 Å². The van der Waals surface area contributed by atoms with Crippen molar-refractivity contribution >= 4 is 67.3 Å². The molecular formula is C20H13Br2ClN2O2S. The van der Waals surface area contributed by atoms with Gasteiger partial charge in [-0.1, -0.05) is 51.4 Å². The molecule has 0 bridgehead atoms. The van der Waals surface area contributed by atoms with E-state index in [2.05, 4.69) is 42.4 Å². The Morgan fingerprint density at radius 1 is 1.04 bits per heavy atom.